The number of benzene rings is 1. The van der Waals surface area contributed by atoms with Crippen LogP contribution >= 0.6 is 11.3 Å². The molecule has 1 aromatic heterocycles. The summed E-state index contributed by atoms with van der Waals surface area (Å²) in [6, 6.07) is 7.43. The molecular formula is C19H21FN2OS. The molecule has 4 rings (SSSR count). The first-order chi connectivity index (χ1) is 11.6. The van der Waals surface area contributed by atoms with Crippen molar-refractivity contribution in [2.75, 3.05) is 18.4 Å². The zero-order valence-electron chi connectivity index (χ0n) is 13.7. The first kappa shape index (κ1) is 15.8. The first-order valence-electron chi connectivity index (χ1n) is 8.48. The van der Waals surface area contributed by atoms with Crippen LogP contribution in [0.5, 0.6) is 0 Å². The Kier molecular flexibility index (Phi) is 4.14. The van der Waals surface area contributed by atoms with Gasteiger partial charge in [-0.05, 0) is 66.8 Å². The lowest BCUT2D eigenvalue weighted by molar-refractivity contribution is -0.118. The first-order valence-corrected chi connectivity index (χ1v) is 9.36. The van der Waals surface area contributed by atoms with Crippen LogP contribution in [0.2, 0.25) is 0 Å². The molecule has 1 amide bonds. The van der Waals surface area contributed by atoms with Crippen molar-refractivity contribution in [3.8, 4) is 0 Å². The van der Waals surface area contributed by atoms with E-state index in [4.69, 9.17) is 0 Å². The third-order valence-corrected chi connectivity index (χ3v) is 5.99. The normalized spacial score (nSPS) is 20.7. The minimum atomic E-state index is -0.287. The highest BCUT2D eigenvalue weighted by Crippen LogP contribution is 2.48. The highest BCUT2D eigenvalue weighted by atomic mass is 32.1. The molecule has 1 aliphatic heterocycles. The topological polar surface area (TPSA) is 32.3 Å². The number of anilines is 1. The fourth-order valence-electron chi connectivity index (χ4n) is 3.60. The Morgan fingerprint density at radius 1 is 1.38 bits per heavy atom. The van der Waals surface area contributed by atoms with Crippen LogP contribution in [0.4, 0.5) is 10.1 Å². The second-order valence-corrected chi connectivity index (χ2v) is 7.81. The summed E-state index contributed by atoms with van der Waals surface area (Å²) in [5, 5.41) is 5.00. The van der Waals surface area contributed by atoms with E-state index in [1.54, 1.807) is 19.1 Å². The van der Waals surface area contributed by atoms with E-state index in [9.17, 15) is 9.18 Å². The van der Waals surface area contributed by atoms with Crippen LogP contribution in [0, 0.1) is 18.7 Å². The largest absolute Gasteiger partial charge is 0.325 e. The van der Waals surface area contributed by atoms with Crippen molar-refractivity contribution in [3.05, 3.63) is 51.5 Å². The van der Waals surface area contributed by atoms with Crippen LogP contribution in [0.15, 0.2) is 29.6 Å². The molecule has 0 saturated heterocycles. The Balaban J connectivity index is 1.46. The van der Waals surface area contributed by atoms with Gasteiger partial charge in [0.2, 0.25) is 5.91 Å². The van der Waals surface area contributed by atoms with Gasteiger partial charge in [0.05, 0.1) is 6.54 Å². The standard InChI is InChI=1S/C19H21FN2OS/c1-12-2-5-14(10-16(12)20)21-18(23)11-22-8-6-17-15(7-9-24-17)19(22)13-3-4-13/h2,5,7,9-10,13,19H,3-4,6,8,11H2,1H3,(H,21,23)/t19-/m0/s1. The van der Waals surface area contributed by atoms with E-state index in [0.29, 0.717) is 29.8 Å². The summed E-state index contributed by atoms with van der Waals surface area (Å²) in [5.74, 6) is 0.329. The van der Waals surface area contributed by atoms with Crippen LogP contribution in [-0.2, 0) is 11.2 Å². The Hall–Kier alpha value is -1.72. The fourth-order valence-corrected chi connectivity index (χ4v) is 4.51. The lowest BCUT2D eigenvalue weighted by Crippen LogP contribution is -2.41. The average Bonchev–Trinajstić information content (AvgIpc) is 3.27. The molecule has 2 aliphatic rings. The quantitative estimate of drug-likeness (QED) is 0.904. The minimum Gasteiger partial charge on any atom is -0.325 e. The number of nitrogens with one attached hydrogen (secondary N) is 1. The summed E-state index contributed by atoms with van der Waals surface area (Å²) in [6.45, 7) is 3.00. The Morgan fingerprint density at radius 2 is 2.21 bits per heavy atom. The lowest BCUT2D eigenvalue weighted by Gasteiger charge is -2.35. The highest BCUT2D eigenvalue weighted by Gasteiger charge is 2.40. The number of thiophene rings is 1. The summed E-state index contributed by atoms with van der Waals surface area (Å²) >= 11 is 1.83. The van der Waals surface area contributed by atoms with E-state index in [1.165, 1.54) is 29.3 Å². The van der Waals surface area contributed by atoms with Crippen molar-refractivity contribution >= 4 is 22.9 Å². The summed E-state index contributed by atoms with van der Waals surface area (Å²) in [5.41, 5.74) is 2.53. The van der Waals surface area contributed by atoms with Gasteiger partial charge in [-0.1, -0.05) is 6.07 Å². The molecule has 0 unspecified atom stereocenters. The second-order valence-electron chi connectivity index (χ2n) is 6.81. The third-order valence-electron chi connectivity index (χ3n) is 4.99. The van der Waals surface area contributed by atoms with E-state index >= 15 is 0 Å². The molecule has 3 nitrogen and oxygen atoms in total. The van der Waals surface area contributed by atoms with Crippen LogP contribution in [0.1, 0.15) is 34.9 Å². The number of amides is 1. The average molecular weight is 344 g/mol. The van der Waals surface area contributed by atoms with Gasteiger partial charge in [-0.2, -0.15) is 0 Å². The SMILES string of the molecule is Cc1ccc(NC(=O)CN2CCc3sccc3[C@@H]2C2CC2)cc1F. The summed E-state index contributed by atoms with van der Waals surface area (Å²) in [4.78, 5) is 16.2. The van der Waals surface area contributed by atoms with Gasteiger partial charge >= 0.3 is 0 Å². The van der Waals surface area contributed by atoms with Gasteiger partial charge in [-0.25, -0.2) is 4.39 Å². The van der Waals surface area contributed by atoms with Crippen molar-refractivity contribution in [2.24, 2.45) is 5.92 Å². The van der Waals surface area contributed by atoms with Crippen LogP contribution in [0.3, 0.4) is 0 Å². The van der Waals surface area contributed by atoms with Crippen molar-refractivity contribution in [1.29, 1.82) is 0 Å². The minimum absolute atomic E-state index is 0.0671. The van der Waals surface area contributed by atoms with E-state index in [0.717, 1.165) is 13.0 Å². The van der Waals surface area contributed by atoms with Gasteiger partial charge in [0, 0.05) is 23.2 Å². The third kappa shape index (κ3) is 3.10. The summed E-state index contributed by atoms with van der Waals surface area (Å²) < 4.78 is 13.6. The Bertz CT molecular complexity index is 768. The smallest absolute Gasteiger partial charge is 0.238 e. The maximum Gasteiger partial charge on any atom is 0.238 e. The number of rotatable bonds is 4. The van der Waals surface area contributed by atoms with Crippen molar-refractivity contribution in [1.82, 2.24) is 4.90 Å². The molecule has 1 saturated carbocycles. The van der Waals surface area contributed by atoms with E-state index in [2.05, 4.69) is 21.7 Å². The predicted octanol–water partition coefficient (Wildman–Crippen LogP) is 4.14. The highest BCUT2D eigenvalue weighted by molar-refractivity contribution is 7.10. The predicted molar refractivity (Wildman–Crippen MR) is 94.8 cm³/mol. The number of carbonyl (C=O) groups excluding carboxylic acids is 1. The van der Waals surface area contributed by atoms with E-state index < -0.39 is 0 Å². The molecule has 0 radical (unpaired) electrons. The molecule has 126 valence electrons. The van der Waals surface area contributed by atoms with Crippen LogP contribution in [0.25, 0.3) is 0 Å². The fraction of sp³-hybridized carbons (Fsp3) is 0.421. The van der Waals surface area contributed by atoms with Crippen LogP contribution in [-0.4, -0.2) is 23.9 Å². The number of carbonyl (C=O) groups is 1. The zero-order chi connectivity index (χ0) is 16.7. The molecule has 5 heteroatoms. The monoisotopic (exact) mass is 344 g/mol. The molecule has 1 atom stereocenters. The lowest BCUT2D eigenvalue weighted by atomic mass is 9.96. The van der Waals surface area contributed by atoms with Crippen molar-refractivity contribution in [3.63, 3.8) is 0 Å². The summed E-state index contributed by atoms with van der Waals surface area (Å²) in [7, 11) is 0. The molecule has 1 aliphatic carbocycles. The zero-order valence-corrected chi connectivity index (χ0v) is 14.5. The number of fused-ring (bicyclic) bond motifs is 1. The Labute approximate surface area is 145 Å². The van der Waals surface area contributed by atoms with Gasteiger partial charge in [0.1, 0.15) is 5.82 Å². The second kappa shape index (κ2) is 6.30. The molecule has 1 fully saturated rings. The maximum absolute atomic E-state index is 13.6. The van der Waals surface area contributed by atoms with Gasteiger partial charge in [0.15, 0.2) is 0 Å². The molecule has 24 heavy (non-hydrogen) atoms. The molecular weight excluding hydrogens is 323 g/mol. The van der Waals surface area contributed by atoms with Gasteiger partial charge in [0.25, 0.3) is 0 Å². The molecule has 0 spiro atoms. The molecule has 1 aromatic carbocycles. The number of aryl methyl sites for hydroxylation is 1. The number of halogens is 1. The number of hydrogen-bond acceptors (Lipinski definition) is 3. The van der Waals surface area contributed by atoms with Gasteiger partial charge in [-0.15, -0.1) is 11.3 Å². The molecule has 2 aromatic rings. The maximum atomic E-state index is 13.6. The molecule has 0 bridgehead atoms. The van der Waals surface area contributed by atoms with Crippen molar-refractivity contribution < 1.29 is 9.18 Å². The van der Waals surface area contributed by atoms with Gasteiger partial charge in [-0.3, -0.25) is 9.69 Å². The van der Waals surface area contributed by atoms with Crippen LogP contribution < -0.4 is 5.32 Å². The van der Waals surface area contributed by atoms with E-state index in [-0.39, 0.29) is 11.7 Å². The molecule has 1 N–H and O–H groups in total. The summed E-state index contributed by atoms with van der Waals surface area (Å²) in [6.07, 6.45) is 3.52. The number of hydrogen-bond donors (Lipinski definition) is 1. The van der Waals surface area contributed by atoms with Gasteiger partial charge < -0.3 is 5.32 Å². The number of nitrogens with zero attached hydrogens (tertiary/aromatic N) is 1. The Morgan fingerprint density at radius 3 is 2.96 bits per heavy atom. The van der Waals surface area contributed by atoms with E-state index in [1.807, 2.05) is 11.3 Å². The van der Waals surface area contributed by atoms with Crippen molar-refractivity contribution in [2.45, 2.75) is 32.2 Å². The molecule has 2 heterocycles.